The molecule has 4 aromatic heterocycles. The van der Waals surface area contributed by atoms with E-state index in [4.69, 9.17) is 9.72 Å². The van der Waals surface area contributed by atoms with Gasteiger partial charge in [0.2, 0.25) is 5.88 Å². The van der Waals surface area contributed by atoms with Crippen LogP contribution in [0, 0.1) is 12.7 Å². The van der Waals surface area contributed by atoms with E-state index >= 15 is 0 Å². The third-order valence-corrected chi connectivity index (χ3v) is 6.23. The number of ether oxygens (including phenoxy) is 1. The number of hydrogen-bond acceptors (Lipinski definition) is 6. The molecule has 4 heterocycles. The van der Waals surface area contributed by atoms with Crippen LogP contribution in [-0.4, -0.2) is 30.6 Å². The molecule has 9 heteroatoms. The number of fused-ring (bicyclic) bond motifs is 1. The Labute approximate surface area is 212 Å². The van der Waals surface area contributed by atoms with Crippen molar-refractivity contribution in [2.24, 2.45) is 0 Å². The molecule has 1 fully saturated rings. The van der Waals surface area contributed by atoms with Crippen molar-refractivity contribution >= 4 is 16.9 Å². The molecular weight excluding hydrogens is 471 g/mol. The summed E-state index contributed by atoms with van der Waals surface area (Å²) in [7, 11) is 0. The zero-order valence-corrected chi connectivity index (χ0v) is 20.1. The van der Waals surface area contributed by atoms with E-state index < -0.39 is 0 Å². The van der Waals surface area contributed by atoms with E-state index in [9.17, 15) is 9.18 Å². The summed E-state index contributed by atoms with van der Waals surface area (Å²) in [5.41, 5.74) is 3.61. The number of pyridine rings is 3. The van der Waals surface area contributed by atoms with Crippen LogP contribution in [0.1, 0.15) is 46.1 Å². The molecule has 1 aliphatic carbocycles. The largest absolute Gasteiger partial charge is 0.439 e. The smallest absolute Gasteiger partial charge is 0.252 e. The van der Waals surface area contributed by atoms with Crippen LogP contribution in [0.5, 0.6) is 11.6 Å². The van der Waals surface area contributed by atoms with Gasteiger partial charge in [-0.3, -0.25) is 4.79 Å². The number of hydrogen-bond donors (Lipinski definition) is 1. The number of carbonyl (C=O) groups excluding carboxylic acids is 1. The average molecular weight is 495 g/mol. The second-order valence-electron chi connectivity index (χ2n) is 9.00. The number of carbonyl (C=O) groups is 1. The molecule has 6 rings (SSSR count). The highest BCUT2D eigenvalue weighted by Gasteiger charge is 2.29. The topological polar surface area (TPSA) is 94.8 Å². The lowest BCUT2D eigenvalue weighted by molar-refractivity contribution is 0.0952. The Balaban J connectivity index is 1.23. The minimum Gasteiger partial charge on any atom is -0.439 e. The summed E-state index contributed by atoms with van der Waals surface area (Å²) in [5, 5.41) is 8.38. The van der Waals surface area contributed by atoms with Crippen molar-refractivity contribution in [1.82, 2.24) is 30.0 Å². The molecule has 1 aromatic carbocycles. The normalized spacial score (nSPS) is 13.0. The first-order valence-corrected chi connectivity index (χ1v) is 12.0. The van der Waals surface area contributed by atoms with E-state index in [1.807, 2.05) is 37.3 Å². The molecule has 0 atom stereocenters. The van der Waals surface area contributed by atoms with Crippen molar-refractivity contribution in [3.63, 3.8) is 0 Å². The van der Waals surface area contributed by atoms with Crippen LogP contribution in [0.2, 0.25) is 0 Å². The Bertz CT molecular complexity index is 1580. The van der Waals surface area contributed by atoms with E-state index in [1.165, 1.54) is 24.3 Å². The van der Waals surface area contributed by atoms with E-state index in [2.05, 4.69) is 20.4 Å². The zero-order valence-electron chi connectivity index (χ0n) is 20.1. The zero-order chi connectivity index (χ0) is 25.4. The van der Waals surface area contributed by atoms with Gasteiger partial charge in [-0.15, -0.1) is 0 Å². The lowest BCUT2D eigenvalue weighted by Gasteiger charge is -2.10. The van der Waals surface area contributed by atoms with Crippen molar-refractivity contribution in [3.05, 3.63) is 101 Å². The minimum atomic E-state index is -0.332. The van der Waals surface area contributed by atoms with E-state index in [0.29, 0.717) is 52.2 Å². The van der Waals surface area contributed by atoms with Crippen LogP contribution in [0.3, 0.4) is 0 Å². The summed E-state index contributed by atoms with van der Waals surface area (Å²) >= 11 is 0. The van der Waals surface area contributed by atoms with Gasteiger partial charge in [0.15, 0.2) is 11.5 Å². The van der Waals surface area contributed by atoms with Crippen LogP contribution >= 0.6 is 0 Å². The molecule has 37 heavy (non-hydrogen) atoms. The maximum Gasteiger partial charge on any atom is 0.252 e. The molecule has 184 valence electrons. The third-order valence-electron chi connectivity index (χ3n) is 6.23. The van der Waals surface area contributed by atoms with Crippen LogP contribution in [0.25, 0.3) is 16.9 Å². The molecule has 0 spiro atoms. The number of halogens is 1. The highest BCUT2D eigenvalue weighted by Crippen LogP contribution is 2.40. The Kier molecular flexibility index (Phi) is 5.80. The molecular formula is C28H23FN6O2. The Morgan fingerprint density at radius 2 is 1.95 bits per heavy atom. The predicted molar refractivity (Wildman–Crippen MR) is 135 cm³/mol. The molecule has 8 nitrogen and oxygen atoms in total. The molecule has 5 aromatic rings. The molecule has 0 radical (unpaired) electrons. The predicted octanol–water partition coefficient (Wildman–Crippen LogP) is 5.26. The molecule has 1 amide bonds. The fraction of sp³-hybridized carbons (Fsp3) is 0.179. The summed E-state index contributed by atoms with van der Waals surface area (Å²) in [6.45, 7) is 2.17. The van der Waals surface area contributed by atoms with Gasteiger partial charge in [0, 0.05) is 36.6 Å². The van der Waals surface area contributed by atoms with Crippen LogP contribution in [0.4, 0.5) is 4.39 Å². The molecule has 0 aliphatic heterocycles. The number of amides is 1. The summed E-state index contributed by atoms with van der Waals surface area (Å²) in [4.78, 5) is 27.0. The molecule has 0 bridgehead atoms. The van der Waals surface area contributed by atoms with E-state index in [1.54, 1.807) is 23.1 Å². The molecule has 0 unspecified atom stereocenters. The van der Waals surface area contributed by atoms with Crippen molar-refractivity contribution in [2.75, 3.05) is 0 Å². The van der Waals surface area contributed by atoms with Crippen LogP contribution in [-0.2, 0) is 6.54 Å². The highest BCUT2D eigenvalue weighted by atomic mass is 19.1. The Morgan fingerprint density at radius 1 is 1.11 bits per heavy atom. The summed E-state index contributed by atoms with van der Waals surface area (Å²) in [6, 6.07) is 16.8. The van der Waals surface area contributed by atoms with Gasteiger partial charge in [0.05, 0.1) is 16.6 Å². The molecule has 1 saturated carbocycles. The van der Waals surface area contributed by atoms with Crippen molar-refractivity contribution in [2.45, 2.75) is 32.2 Å². The minimum absolute atomic E-state index is 0.204. The SMILES string of the molecule is Cc1nn(-c2ccccn2)c2nc(C3CC3)cc(C(=O)NCc3ccc(Oc4ccc(F)cc4)nc3)c12. The van der Waals surface area contributed by atoms with Gasteiger partial charge in [-0.1, -0.05) is 12.1 Å². The lowest BCUT2D eigenvalue weighted by atomic mass is 10.1. The Morgan fingerprint density at radius 3 is 2.65 bits per heavy atom. The highest BCUT2D eigenvalue weighted by molar-refractivity contribution is 6.06. The number of aryl methyl sites for hydroxylation is 1. The van der Waals surface area contributed by atoms with Crippen molar-refractivity contribution < 1.29 is 13.9 Å². The number of nitrogens with one attached hydrogen (secondary N) is 1. The second kappa shape index (κ2) is 9.42. The molecule has 1 aliphatic rings. The standard InChI is InChI=1S/C28H23FN6O2/c1-17-26-22(14-23(19-6-7-19)33-27(26)35(34-17)24-4-2-3-13-30-24)28(36)32-16-18-5-12-25(31-15-18)37-21-10-8-20(29)9-11-21/h2-5,8-15,19H,6-7,16H2,1H3,(H,32,36). The monoisotopic (exact) mass is 494 g/mol. The first kappa shape index (κ1) is 22.8. The summed E-state index contributed by atoms with van der Waals surface area (Å²) in [5.74, 6) is 1.35. The number of benzene rings is 1. The first-order valence-electron chi connectivity index (χ1n) is 12.0. The van der Waals surface area contributed by atoms with E-state index in [-0.39, 0.29) is 11.7 Å². The molecule has 0 saturated heterocycles. The number of rotatable bonds is 7. The van der Waals surface area contributed by atoms with Crippen LogP contribution < -0.4 is 10.1 Å². The van der Waals surface area contributed by atoms with Gasteiger partial charge in [-0.05, 0) is 67.8 Å². The van der Waals surface area contributed by atoms with E-state index in [0.717, 1.165) is 24.1 Å². The van der Waals surface area contributed by atoms with Gasteiger partial charge in [-0.2, -0.15) is 9.78 Å². The van der Waals surface area contributed by atoms with Crippen molar-refractivity contribution in [1.29, 1.82) is 0 Å². The second-order valence-corrected chi connectivity index (χ2v) is 9.00. The summed E-state index contributed by atoms with van der Waals surface area (Å²) in [6.07, 6.45) is 5.48. The first-order chi connectivity index (χ1) is 18.0. The third kappa shape index (κ3) is 4.75. The lowest BCUT2D eigenvalue weighted by Crippen LogP contribution is -2.23. The quantitative estimate of drug-likeness (QED) is 0.332. The van der Waals surface area contributed by atoms with Crippen LogP contribution in [0.15, 0.2) is 73.1 Å². The fourth-order valence-corrected chi connectivity index (χ4v) is 4.19. The average Bonchev–Trinajstić information content (AvgIpc) is 3.73. The van der Waals surface area contributed by atoms with Gasteiger partial charge in [-0.25, -0.2) is 19.3 Å². The Hall–Kier alpha value is -4.66. The van der Waals surface area contributed by atoms with Gasteiger partial charge < -0.3 is 10.1 Å². The number of nitrogens with zero attached hydrogens (tertiary/aromatic N) is 5. The van der Waals surface area contributed by atoms with Gasteiger partial charge in [0.1, 0.15) is 11.6 Å². The summed E-state index contributed by atoms with van der Waals surface area (Å²) < 4.78 is 20.4. The maximum atomic E-state index is 13.4. The number of aromatic nitrogens is 5. The van der Waals surface area contributed by atoms with Gasteiger partial charge in [0.25, 0.3) is 5.91 Å². The van der Waals surface area contributed by atoms with Crippen molar-refractivity contribution in [3.8, 4) is 17.4 Å². The molecule has 1 N–H and O–H groups in total. The van der Waals surface area contributed by atoms with Gasteiger partial charge >= 0.3 is 0 Å². The maximum absolute atomic E-state index is 13.4. The fourth-order valence-electron chi connectivity index (χ4n) is 4.19.